The van der Waals surface area contributed by atoms with E-state index in [-0.39, 0.29) is 59.0 Å². The van der Waals surface area contributed by atoms with Crippen LogP contribution in [0.1, 0.15) is 19.4 Å². The van der Waals surface area contributed by atoms with Crippen molar-refractivity contribution in [3.05, 3.63) is 205 Å². The molecule has 0 aliphatic heterocycles. The SMILES string of the molecule is [2H]c1c([2H])c([2H])c2c(-c3ccc4c(c3)oc3ccc(-c5cccc6ccccc56)cc34)c([2H])c([2H])c(Cc3c4ccccc4c(-c4ccccc4)c4ccccc34)c2c1[2H]. The summed E-state index contributed by atoms with van der Waals surface area (Å²) in [6.45, 7) is 0. The lowest BCUT2D eigenvalue weighted by Gasteiger charge is -2.18. The summed E-state index contributed by atoms with van der Waals surface area (Å²) in [6.07, 6.45) is 0.182. The second kappa shape index (κ2) is 12.3. The molecule has 0 amide bonds. The first-order chi connectivity index (χ1) is 29.3. The molecule has 0 saturated carbocycles. The highest BCUT2D eigenvalue weighted by Gasteiger charge is 2.18. The summed E-state index contributed by atoms with van der Waals surface area (Å²) in [4.78, 5) is 0. The molecule has 0 aliphatic carbocycles. The van der Waals surface area contributed by atoms with Gasteiger partial charge in [-0.3, -0.25) is 0 Å². The van der Waals surface area contributed by atoms with Gasteiger partial charge in [0.1, 0.15) is 11.2 Å². The maximum atomic E-state index is 9.65. The highest BCUT2D eigenvalue weighted by atomic mass is 16.3. The van der Waals surface area contributed by atoms with Crippen LogP contribution in [0.25, 0.3) is 98.4 Å². The van der Waals surface area contributed by atoms with Crippen LogP contribution in [0.3, 0.4) is 0 Å². The highest BCUT2D eigenvalue weighted by molar-refractivity contribution is 6.15. The Morgan fingerprint density at radius 3 is 1.83 bits per heavy atom. The third-order valence-corrected chi connectivity index (χ3v) is 10.9. The van der Waals surface area contributed by atoms with Crippen LogP contribution >= 0.6 is 0 Å². The molecule has 0 fully saturated rings. The molecule has 0 unspecified atom stereocenters. The number of hydrogen-bond donors (Lipinski definition) is 0. The van der Waals surface area contributed by atoms with Gasteiger partial charge in [-0.15, -0.1) is 0 Å². The summed E-state index contributed by atoms with van der Waals surface area (Å²) in [5.41, 5.74) is 7.80. The van der Waals surface area contributed by atoms with E-state index in [4.69, 9.17) is 7.16 Å². The Morgan fingerprint density at radius 2 is 1.04 bits per heavy atom. The normalized spacial score (nSPS) is 13.3. The van der Waals surface area contributed by atoms with E-state index in [0.29, 0.717) is 22.3 Å². The van der Waals surface area contributed by atoms with Crippen molar-refractivity contribution in [3.8, 4) is 33.4 Å². The average molecular weight is 693 g/mol. The fraction of sp³-hybridized carbons (Fsp3) is 0.0189. The summed E-state index contributed by atoms with van der Waals surface area (Å²) < 4.78 is 61.9. The van der Waals surface area contributed by atoms with Crippen LogP contribution in [0.5, 0.6) is 0 Å². The van der Waals surface area contributed by atoms with Crippen LogP contribution in [0.2, 0.25) is 0 Å². The molecule has 0 radical (unpaired) electrons. The van der Waals surface area contributed by atoms with Gasteiger partial charge in [0.15, 0.2) is 0 Å². The molecule has 10 aromatic carbocycles. The zero-order chi connectivity index (χ0) is 40.8. The van der Waals surface area contributed by atoms with E-state index in [9.17, 15) is 5.48 Å². The van der Waals surface area contributed by atoms with Crippen molar-refractivity contribution in [2.24, 2.45) is 0 Å². The predicted molar refractivity (Wildman–Crippen MR) is 229 cm³/mol. The largest absolute Gasteiger partial charge is 0.456 e. The van der Waals surface area contributed by atoms with Crippen molar-refractivity contribution >= 4 is 65.0 Å². The Hall–Kier alpha value is -6.96. The summed E-state index contributed by atoms with van der Waals surface area (Å²) in [6, 6.07) is 51.8. The summed E-state index contributed by atoms with van der Waals surface area (Å²) in [5, 5.41) is 8.67. The molecule has 11 rings (SSSR count). The van der Waals surface area contributed by atoms with Crippen molar-refractivity contribution in [1.29, 1.82) is 0 Å². The lowest BCUT2D eigenvalue weighted by Crippen LogP contribution is -1.97. The lowest BCUT2D eigenvalue weighted by molar-refractivity contribution is 0.669. The standard InChI is InChI=1S/C53H34O/c1-2-14-35(15-3-1)53-47-22-10-8-20-44(47)49(45-21-9-11-23-48(45)53)31-36-25-28-42(43-19-7-6-18-41(36)43)38-26-29-46-50-32-37(27-30-51(50)54-52(46)33-38)40-24-12-16-34-13-4-5-17-39(34)40/h1-30,32-33H,31H2/i6D,7D,18D,19D,25D,28D. The monoisotopic (exact) mass is 692 g/mol. The van der Waals surface area contributed by atoms with Gasteiger partial charge in [0.05, 0.1) is 8.22 Å². The Bertz CT molecular complexity index is 3530. The first-order valence-corrected chi connectivity index (χ1v) is 18.2. The van der Waals surface area contributed by atoms with Gasteiger partial charge >= 0.3 is 0 Å². The Balaban J connectivity index is 1.12. The Labute approximate surface area is 321 Å². The zero-order valence-electron chi connectivity index (χ0n) is 35.1. The molecule has 1 nitrogen and oxygen atoms in total. The molecule has 252 valence electrons. The molecule has 0 N–H and O–H groups in total. The number of rotatable bonds is 5. The van der Waals surface area contributed by atoms with Gasteiger partial charge in [0.25, 0.3) is 0 Å². The van der Waals surface area contributed by atoms with Crippen LogP contribution in [0, 0.1) is 0 Å². The molecule has 54 heavy (non-hydrogen) atoms. The summed E-state index contributed by atoms with van der Waals surface area (Å²) in [5.74, 6) is 0. The van der Waals surface area contributed by atoms with Crippen molar-refractivity contribution in [1.82, 2.24) is 0 Å². The second-order valence-electron chi connectivity index (χ2n) is 13.9. The van der Waals surface area contributed by atoms with E-state index in [1.54, 1.807) is 0 Å². The second-order valence-corrected chi connectivity index (χ2v) is 13.9. The van der Waals surface area contributed by atoms with E-state index in [2.05, 4.69) is 78.9 Å². The fourth-order valence-electron chi connectivity index (χ4n) is 8.42. The molecular formula is C53H34O. The lowest BCUT2D eigenvalue weighted by atomic mass is 9.85. The van der Waals surface area contributed by atoms with Gasteiger partial charge in [0.2, 0.25) is 0 Å². The topological polar surface area (TPSA) is 13.1 Å². The first kappa shape index (κ1) is 25.1. The molecule has 0 atom stereocenters. The predicted octanol–water partition coefficient (Wildman–Crippen LogP) is 14.8. The average Bonchev–Trinajstić information content (AvgIpc) is 3.66. The molecule has 1 aromatic heterocycles. The van der Waals surface area contributed by atoms with E-state index in [1.807, 2.05) is 78.9 Å². The van der Waals surface area contributed by atoms with Crippen LogP contribution in [0.4, 0.5) is 0 Å². The molecule has 0 spiro atoms. The number of hydrogen-bond acceptors (Lipinski definition) is 1. The van der Waals surface area contributed by atoms with Crippen molar-refractivity contribution in [2.45, 2.75) is 6.42 Å². The smallest absolute Gasteiger partial charge is 0.136 e. The van der Waals surface area contributed by atoms with Gasteiger partial charge in [-0.05, 0) is 118 Å². The minimum Gasteiger partial charge on any atom is -0.456 e. The zero-order valence-corrected chi connectivity index (χ0v) is 29.1. The molecule has 1 heterocycles. The van der Waals surface area contributed by atoms with Gasteiger partial charge in [-0.25, -0.2) is 0 Å². The maximum Gasteiger partial charge on any atom is 0.136 e. The maximum absolute atomic E-state index is 9.65. The molecular weight excluding hydrogens is 653 g/mol. The fourth-order valence-corrected chi connectivity index (χ4v) is 8.42. The van der Waals surface area contributed by atoms with Crippen molar-refractivity contribution in [3.63, 3.8) is 0 Å². The number of fused-ring (bicyclic) bond motifs is 7. The molecule has 0 bridgehead atoms. The van der Waals surface area contributed by atoms with Crippen molar-refractivity contribution in [2.75, 3.05) is 0 Å². The van der Waals surface area contributed by atoms with Gasteiger partial charge in [-0.2, -0.15) is 0 Å². The van der Waals surface area contributed by atoms with Crippen LogP contribution in [0.15, 0.2) is 198 Å². The highest BCUT2D eigenvalue weighted by Crippen LogP contribution is 2.42. The third kappa shape index (κ3) is 4.86. The van der Waals surface area contributed by atoms with Crippen molar-refractivity contribution < 1.29 is 12.6 Å². The van der Waals surface area contributed by atoms with Crippen LogP contribution in [-0.2, 0) is 6.42 Å². The minimum absolute atomic E-state index is 0.0766. The number of benzene rings is 10. The van der Waals surface area contributed by atoms with E-state index < -0.39 is 0 Å². The summed E-state index contributed by atoms with van der Waals surface area (Å²) >= 11 is 0. The van der Waals surface area contributed by atoms with E-state index in [1.165, 1.54) is 0 Å². The minimum atomic E-state index is -0.384. The molecule has 0 saturated heterocycles. The third-order valence-electron chi connectivity index (χ3n) is 10.9. The van der Waals surface area contributed by atoms with Gasteiger partial charge in [-0.1, -0.05) is 170 Å². The van der Waals surface area contributed by atoms with Crippen LogP contribution in [-0.4, -0.2) is 0 Å². The Kier molecular flexibility index (Phi) is 5.73. The number of furan rings is 1. The quantitative estimate of drug-likeness (QED) is 0.164. The molecule has 1 heteroatoms. The van der Waals surface area contributed by atoms with E-state index >= 15 is 0 Å². The van der Waals surface area contributed by atoms with E-state index in [0.717, 1.165) is 70.9 Å². The molecule has 11 aromatic rings. The van der Waals surface area contributed by atoms with Gasteiger partial charge in [0, 0.05) is 10.8 Å². The first-order valence-electron chi connectivity index (χ1n) is 21.2. The summed E-state index contributed by atoms with van der Waals surface area (Å²) in [7, 11) is 0. The van der Waals surface area contributed by atoms with Gasteiger partial charge < -0.3 is 4.42 Å². The Morgan fingerprint density at radius 1 is 0.389 bits per heavy atom. The van der Waals surface area contributed by atoms with Crippen LogP contribution < -0.4 is 0 Å². The molecule has 0 aliphatic rings.